The Hall–Kier alpha value is 0.0969. The summed E-state index contributed by atoms with van der Waals surface area (Å²) in [5.74, 6) is 0. The van der Waals surface area contributed by atoms with E-state index in [9.17, 15) is 0 Å². The van der Waals surface area contributed by atoms with Crippen molar-refractivity contribution in [3.63, 3.8) is 0 Å². The van der Waals surface area contributed by atoms with E-state index in [1.807, 2.05) is 13.8 Å². The summed E-state index contributed by atoms with van der Waals surface area (Å²) in [5.41, 5.74) is 6.11. The lowest BCUT2D eigenvalue weighted by atomic mass is 10.1. The number of hydrogen-bond acceptors (Lipinski definition) is 3. The molecule has 0 aromatic rings. The second-order valence-electron chi connectivity index (χ2n) is 3.70. The summed E-state index contributed by atoms with van der Waals surface area (Å²) in [5, 5.41) is -0.514. The molecule has 0 rings (SSSR count). The van der Waals surface area contributed by atoms with Gasteiger partial charge in [0.25, 0.3) is 0 Å². The topological polar surface area (TPSA) is 44.5 Å². The first kappa shape index (κ1) is 14.1. The van der Waals surface area contributed by atoms with E-state index in [-0.39, 0.29) is 6.10 Å². The average molecular weight is 219 g/mol. The van der Waals surface area contributed by atoms with Crippen molar-refractivity contribution in [3.8, 4) is 0 Å². The summed E-state index contributed by atoms with van der Waals surface area (Å²) >= 11 is 0. The van der Waals surface area contributed by atoms with Crippen LogP contribution in [0.2, 0.25) is 0 Å². The largest absolute Gasteiger partial charge is 0.374 e. The molecule has 0 saturated heterocycles. The second kappa shape index (κ2) is 7.40. The highest BCUT2D eigenvalue weighted by Crippen LogP contribution is 2.15. The van der Waals surface area contributed by atoms with E-state index in [0.29, 0.717) is 13.2 Å². The third-order valence-corrected chi connectivity index (χ3v) is 3.21. The normalized spacial score (nSPS) is 18.0. The van der Waals surface area contributed by atoms with Crippen LogP contribution >= 0.6 is 0 Å². The maximum atomic E-state index is 6.11. The monoisotopic (exact) mass is 219 g/mol. The van der Waals surface area contributed by atoms with Crippen molar-refractivity contribution >= 4 is 10.2 Å². The number of unbranched alkanes of at least 4 members (excludes halogenated alkanes) is 1. The highest BCUT2D eigenvalue weighted by Gasteiger charge is 2.30. The Morgan fingerprint density at radius 2 is 1.93 bits per heavy atom. The molecule has 0 fully saturated rings. The number of hydrogen-bond donors (Lipinski definition) is 1. The van der Waals surface area contributed by atoms with Crippen LogP contribution in [0.5, 0.6) is 0 Å². The lowest BCUT2D eigenvalue weighted by Crippen LogP contribution is -2.55. The Labute approximate surface area is 90.8 Å². The summed E-state index contributed by atoms with van der Waals surface area (Å²) in [6, 6.07) is 0. The first-order valence-corrected chi connectivity index (χ1v) is 6.62. The molecule has 0 aromatic carbocycles. The Kier molecular flexibility index (Phi) is 7.45. The SMILES string of the molecule is CCCCC(OCC)C(N)([SiH3])OCC. The van der Waals surface area contributed by atoms with Crippen LogP contribution in [0.1, 0.15) is 40.0 Å². The van der Waals surface area contributed by atoms with Crippen molar-refractivity contribution in [1.29, 1.82) is 0 Å². The van der Waals surface area contributed by atoms with Crippen LogP contribution in [0.4, 0.5) is 0 Å². The fourth-order valence-electron chi connectivity index (χ4n) is 1.53. The first-order chi connectivity index (χ1) is 6.58. The molecule has 14 heavy (non-hydrogen) atoms. The summed E-state index contributed by atoms with van der Waals surface area (Å²) < 4.78 is 11.2. The van der Waals surface area contributed by atoms with Crippen molar-refractivity contribution in [2.75, 3.05) is 13.2 Å². The first-order valence-electron chi connectivity index (χ1n) is 5.62. The van der Waals surface area contributed by atoms with Gasteiger partial charge in [-0.3, -0.25) is 0 Å². The second-order valence-corrected chi connectivity index (χ2v) is 5.27. The molecule has 0 radical (unpaired) electrons. The lowest BCUT2D eigenvalue weighted by molar-refractivity contribution is -0.0941. The Balaban J connectivity index is 4.14. The fourth-order valence-corrected chi connectivity index (χ4v) is 2.27. The van der Waals surface area contributed by atoms with Crippen molar-refractivity contribution in [3.05, 3.63) is 0 Å². The van der Waals surface area contributed by atoms with Crippen molar-refractivity contribution in [1.82, 2.24) is 0 Å². The van der Waals surface area contributed by atoms with Crippen LogP contribution in [-0.4, -0.2) is 34.9 Å². The smallest absolute Gasteiger partial charge is 0.118 e. The van der Waals surface area contributed by atoms with Crippen molar-refractivity contribution < 1.29 is 9.47 Å². The number of nitrogens with two attached hydrogens (primary N) is 1. The van der Waals surface area contributed by atoms with Crippen LogP contribution in [0.3, 0.4) is 0 Å². The molecule has 0 aliphatic heterocycles. The molecular formula is C10H25NO2Si. The highest BCUT2D eigenvalue weighted by molar-refractivity contribution is 6.14. The van der Waals surface area contributed by atoms with Gasteiger partial charge in [-0.2, -0.15) is 0 Å². The predicted octanol–water partition coefficient (Wildman–Crippen LogP) is 0.596. The van der Waals surface area contributed by atoms with Gasteiger partial charge in [-0.05, 0) is 20.3 Å². The fraction of sp³-hybridized carbons (Fsp3) is 1.00. The summed E-state index contributed by atoms with van der Waals surface area (Å²) in [6.45, 7) is 7.53. The lowest BCUT2D eigenvalue weighted by Gasteiger charge is -2.33. The molecule has 86 valence electrons. The zero-order chi connectivity index (χ0) is 11.0. The molecule has 0 aliphatic carbocycles. The van der Waals surface area contributed by atoms with Crippen LogP contribution in [0.25, 0.3) is 0 Å². The molecule has 0 heterocycles. The molecule has 0 amide bonds. The maximum absolute atomic E-state index is 6.11. The van der Waals surface area contributed by atoms with Gasteiger partial charge in [0.15, 0.2) is 0 Å². The Morgan fingerprint density at radius 1 is 1.29 bits per heavy atom. The zero-order valence-electron chi connectivity index (χ0n) is 10.0. The van der Waals surface area contributed by atoms with Crippen LogP contribution < -0.4 is 5.73 Å². The van der Waals surface area contributed by atoms with Crippen LogP contribution in [0.15, 0.2) is 0 Å². The Bertz CT molecular complexity index is 142. The van der Waals surface area contributed by atoms with Gasteiger partial charge in [-0.1, -0.05) is 19.8 Å². The van der Waals surface area contributed by atoms with Gasteiger partial charge in [0.1, 0.15) is 5.35 Å². The van der Waals surface area contributed by atoms with Gasteiger partial charge in [0.05, 0.1) is 16.3 Å². The standard InChI is InChI=1S/C10H25NO2Si/c1-4-7-8-9(12-5-2)10(11,14)13-6-3/h9H,4-8,11H2,1-3,14H3. The quantitative estimate of drug-likeness (QED) is 0.480. The molecule has 2 unspecified atom stereocenters. The van der Waals surface area contributed by atoms with Gasteiger partial charge < -0.3 is 15.2 Å². The summed E-state index contributed by atoms with van der Waals surface area (Å²) in [4.78, 5) is 0. The molecule has 2 atom stereocenters. The van der Waals surface area contributed by atoms with E-state index >= 15 is 0 Å². The third-order valence-electron chi connectivity index (χ3n) is 2.28. The molecule has 2 N–H and O–H groups in total. The third kappa shape index (κ3) is 5.10. The maximum Gasteiger partial charge on any atom is 0.118 e. The van der Waals surface area contributed by atoms with E-state index in [0.717, 1.165) is 23.1 Å². The van der Waals surface area contributed by atoms with Crippen LogP contribution in [0, 0.1) is 0 Å². The highest BCUT2D eigenvalue weighted by atomic mass is 28.1. The average Bonchev–Trinajstić information content (AvgIpc) is 2.11. The minimum absolute atomic E-state index is 0.0686. The molecule has 0 aromatic heterocycles. The molecule has 4 heteroatoms. The van der Waals surface area contributed by atoms with Gasteiger partial charge in [0, 0.05) is 13.2 Å². The summed E-state index contributed by atoms with van der Waals surface area (Å²) in [7, 11) is 0.803. The molecule has 3 nitrogen and oxygen atoms in total. The van der Waals surface area contributed by atoms with E-state index in [1.165, 1.54) is 6.42 Å². The van der Waals surface area contributed by atoms with Gasteiger partial charge in [0.2, 0.25) is 0 Å². The number of ether oxygens (including phenoxy) is 2. The summed E-state index contributed by atoms with van der Waals surface area (Å²) in [6.07, 6.45) is 3.40. The van der Waals surface area contributed by atoms with Gasteiger partial charge in [-0.25, -0.2) is 0 Å². The predicted molar refractivity (Wildman–Crippen MR) is 63.4 cm³/mol. The zero-order valence-corrected chi connectivity index (χ0v) is 12.0. The van der Waals surface area contributed by atoms with E-state index < -0.39 is 5.35 Å². The van der Waals surface area contributed by atoms with Gasteiger partial charge >= 0.3 is 0 Å². The van der Waals surface area contributed by atoms with Crippen LogP contribution in [-0.2, 0) is 9.47 Å². The molecular weight excluding hydrogens is 194 g/mol. The molecule has 0 spiro atoms. The minimum atomic E-state index is -0.514. The number of rotatable bonds is 8. The van der Waals surface area contributed by atoms with E-state index in [1.54, 1.807) is 0 Å². The van der Waals surface area contributed by atoms with E-state index in [2.05, 4.69) is 6.92 Å². The van der Waals surface area contributed by atoms with Crippen molar-refractivity contribution in [2.24, 2.45) is 5.73 Å². The Morgan fingerprint density at radius 3 is 2.36 bits per heavy atom. The molecule has 0 bridgehead atoms. The van der Waals surface area contributed by atoms with E-state index in [4.69, 9.17) is 15.2 Å². The minimum Gasteiger partial charge on any atom is -0.374 e. The van der Waals surface area contributed by atoms with Gasteiger partial charge in [-0.15, -0.1) is 0 Å². The van der Waals surface area contributed by atoms with Crippen molar-refractivity contribution in [2.45, 2.75) is 51.5 Å². The molecule has 0 saturated carbocycles. The molecule has 0 aliphatic rings.